The lowest BCUT2D eigenvalue weighted by molar-refractivity contribution is -0.146. The largest absolute Gasteiger partial charge is 0.494 e. The molecule has 4 aliphatic rings. The highest BCUT2D eigenvalue weighted by Crippen LogP contribution is 2.66. The molecule has 51 heavy (non-hydrogen) atoms. The standard InChI is InChI=1S/C39H40N6O5S/c1-3-50-29-17-15-27(16-18-29)43-22-9-19-38(2)32(35(43)47)33-36(48)45(28(24-46)23-26-11-5-4-6-12-26)34-37(49)42(21-10-20-39(33,34)51-38)25-44-31-14-8-7-13-30(31)40-41-44/h4-20,28,32-34,46H,3,21-25H2,1-2H3/t28-,32+,33+,34?,38-,39+/m1/s1. The van der Waals surface area contributed by atoms with Gasteiger partial charge in [0.2, 0.25) is 17.7 Å². The van der Waals surface area contributed by atoms with Crippen LogP contribution < -0.4 is 9.64 Å². The van der Waals surface area contributed by atoms with Crippen molar-refractivity contribution in [1.82, 2.24) is 24.8 Å². The molecule has 1 unspecified atom stereocenters. The van der Waals surface area contributed by atoms with Crippen molar-refractivity contribution >= 4 is 46.2 Å². The van der Waals surface area contributed by atoms with Gasteiger partial charge in [0.25, 0.3) is 0 Å². The molecule has 3 amide bonds. The highest BCUT2D eigenvalue weighted by atomic mass is 32.2. The van der Waals surface area contributed by atoms with Crippen molar-refractivity contribution in [2.45, 2.75) is 48.5 Å². The molecule has 4 aromatic rings. The number of aromatic nitrogens is 3. The van der Waals surface area contributed by atoms with Gasteiger partial charge in [-0.3, -0.25) is 14.4 Å². The van der Waals surface area contributed by atoms with E-state index in [0.717, 1.165) is 16.6 Å². The Bertz CT molecular complexity index is 2030. The summed E-state index contributed by atoms with van der Waals surface area (Å²) in [5.41, 5.74) is 3.15. The van der Waals surface area contributed by atoms with Crippen molar-refractivity contribution in [3.05, 3.63) is 109 Å². The van der Waals surface area contributed by atoms with Crippen LogP contribution in [-0.4, -0.2) is 95.5 Å². The van der Waals surface area contributed by atoms with Crippen molar-refractivity contribution in [2.24, 2.45) is 11.8 Å². The molecule has 11 nitrogen and oxygen atoms in total. The molecule has 1 N–H and O–H groups in total. The Hall–Kier alpha value is -4.94. The number of fused-ring (bicyclic) bond motifs is 3. The normalized spacial score (nSPS) is 27.7. The van der Waals surface area contributed by atoms with Crippen molar-refractivity contribution in [2.75, 3.05) is 31.2 Å². The molecule has 8 rings (SSSR count). The van der Waals surface area contributed by atoms with Gasteiger partial charge in [-0.05, 0) is 62.2 Å². The van der Waals surface area contributed by atoms with Gasteiger partial charge >= 0.3 is 0 Å². The fraction of sp³-hybridized carbons (Fsp3) is 0.359. The van der Waals surface area contributed by atoms with Crippen LogP contribution in [0.25, 0.3) is 11.0 Å². The Morgan fingerprint density at radius 3 is 2.41 bits per heavy atom. The number of ether oxygens (including phenoxy) is 1. The number of anilines is 1. The summed E-state index contributed by atoms with van der Waals surface area (Å²) < 4.78 is 5.49. The summed E-state index contributed by atoms with van der Waals surface area (Å²) in [6.07, 6.45) is 8.35. The number of nitrogens with zero attached hydrogens (tertiary/aromatic N) is 6. The molecule has 0 bridgehead atoms. The number of amides is 3. The SMILES string of the molecule is CCOc1ccc(N2CC=C[C@@]3(C)S[C@]45C=CCN(Cn6nnc7ccccc76)C(=O)C4N([C@@H](CO)Cc4ccccc4)C(=O)[C@@H]5[C@H]3C2=O)cc1. The second-order valence-electron chi connectivity index (χ2n) is 13.7. The fourth-order valence-corrected chi connectivity index (χ4v) is 10.6. The number of aliphatic hydroxyl groups is 1. The lowest BCUT2D eigenvalue weighted by atomic mass is 9.74. The Kier molecular flexibility index (Phi) is 8.46. The van der Waals surface area contributed by atoms with Gasteiger partial charge in [0.15, 0.2) is 0 Å². The van der Waals surface area contributed by atoms with Crippen molar-refractivity contribution < 1.29 is 24.2 Å². The zero-order valence-corrected chi connectivity index (χ0v) is 29.4. The highest BCUT2D eigenvalue weighted by Gasteiger charge is 2.74. The molecule has 12 heteroatoms. The van der Waals surface area contributed by atoms with Crippen LogP contribution in [0.5, 0.6) is 5.75 Å². The van der Waals surface area contributed by atoms with E-state index in [1.54, 1.807) is 19.4 Å². The summed E-state index contributed by atoms with van der Waals surface area (Å²) >= 11 is 1.53. The molecule has 5 heterocycles. The van der Waals surface area contributed by atoms with E-state index in [0.29, 0.717) is 31.0 Å². The summed E-state index contributed by atoms with van der Waals surface area (Å²) in [4.78, 5) is 50.2. The smallest absolute Gasteiger partial charge is 0.248 e. The van der Waals surface area contributed by atoms with Gasteiger partial charge in [0, 0.05) is 23.5 Å². The second kappa shape index (κ2) is 13.0. The predicted molar refractivity (Wildman–Crippen MR) is 195 cm³/mol. The number of thioether (sulfide) groups is 1. The van der Waals surface area contributed by atoms with E-state index in [4.69, 9.17) is 4.74 Å². The van der Waals surface area contributed by atoms with Crippen LogP contribution in [0.1, 0.15) is 19.4 Å². The minimum absolute atomic E-state index is 0.126. The molecule has 2 saturated heterocycles. The number of carbonyl (C=O) groups excluding carboxylic acids is 3. The van der Waals surface area contributed by atoms with E-state index < -0.39 is 33.4 Å². The van der Waals surface area contributed by atoms with Crippen LogP contribution in [0.4, 0.5) is 5.69 Å². The number of benzene rings is 3. The van der Waals surface area contributed by atoms with Crippen LogP contribution in [0.15, 0.2) is 103 Å². The van der Waals surface area contributed by atoms with Crippen LogP contribution in [0, 0.1) is 11.8 Å². The molecule has 6 atom stereocenters. The number of aliphatic hydroxyl groups excluding tert-OH is 1. The van der Waals surface area contributed by atoms with E-state index >= 15 is 9.59 Å². The van der Waals surface area contributed by atoms with Crippen LogP contribution in [0.3, 0.4) is 0 Å². The topological polar surface area (TPSA) is 121 Å². The summed E-state index contributed by atoms with van der Waals surface area (Å²) in [5.74, 6) is -1.63. The minimum atomic E-state index is -1.07. The molecule has 3 aromatic carbocycles. The van der Waals surface area contributed by atoms with E-state index in [-0.39, 0.29) is 37.5 Å². The maximum atomic E-state index is 15.2. The quantitative estimate of drug-likeness (QED) is 0.259. The maximum absolute atomic E-state index is 15.2. The minimum Gasteiger partial charge on any atom is -0.494 e. The van der Waals surface area contributed by atoms with Gasteiger partial charge < -0.3 is 24.5 Å². The Morgan fingerprint density at radius 1 is 0.902 bits per heavy atom. The number of para-hydroxylation sites is 1. The molecule has 0 saturated carbocycles. The lowest BCUT2D eigenvalue weighted by Gasteiger charge is -2.39. The fourth-order valence-electron chi connectivity index (χ4n) is 8.47. The van der Waals surface area contributed by atoms with Crippen LogP contribution in [-0.2, 0) is 27.5 Å². The molecule has 4 aliphatic heterocycles. The molecule has 1 aromatic heterocycles. The molecule has 2 fully saturated rings. The van der Waals surface area contributed by atoms with Gasteiger partial charge in [-0.2, -0.15) is 0 Å². The first kappa shape index (κ1) is 33.2. The van der Waals surface area contributed by atoms with Gasteiger partial charge in [-0.25, -0.2) is 4.68 Å². The average molecular weight is 705 g/mol. The van der Waals surface area contributed by atoms with E-state index in [1.807, 2.05) is 117 Å². The zero-order valence-electron chi connectivity index (χ0n) is 28.5. The van der Waals surface area contributed by atoms with Crippen molar-refractivity contribution in [1.29, 1.82) is 0 Å². The first-order valence-corrected chi connectivity index (χ1v) is 18.2. The number of likely N-dealkylation sites (tertiary alicyclic amines) is 1. The third-order valence-corrected chi connectivity index (χ3v) is 12.5. The summed E-state index contributed by atoms with van der Waals surface area (Å²) in [7, 11) is 0. The van der Waals surface area contributed by atoms with E-state index in [1.165, 1.54) is 11.8 Å². The Labute approximate surface area is 300 Å². The number of rotatable bonds is 9. The maximum Gasteiger partial charge on any atom is 0.248 e. The van der Waals surface area contributed by atoms with Gasteiger partial charge in [0.1, 0.15) is 24.0 Å². The average Bonchev–Trinajstić information content (AvgIpc) is 3.67. The molecule has 1 spiro atoms. The lowest BCUT2D eigenvalue weighted by Crippen LogP contribution is -2.57. The molecular formula is C39H40N6O5S. The molecule has 0 aliphatic carbocycles. The third kappa shape index (κ3) is 5.43. The van der Waals surface area contributed by atoms with Gasteiger partial charge in [0.05, 0.1) is 41.4 Å². The molecule has 262 valence electrons. The Balaban J connectivity index is 1.21. The van der Waals surface area contributed by atoms with E-state index in [9.17, 15) is 9.90 Å². The number of carbonyl (C=O) groups is 3. The van der Waals surface area contributed by atoms with Crippen LogP contribution >= 0.6 is 11.8 Å². The Morgan fingerprint density at radius 2 is 1.65 bits per heavy atom. The second-order valence-corrected chi connectivity index (χ2v) is 15.5. The van der Waals surface area contributed by atoms with Gasteiger partial charge in [-0.1, -0.05) is 72.0 Å². The molecular weight excluding hydrogens is 665 g/mol. The van der Waals surface area contributed by atoms with Crippen molar-refractivity contribution in [3.8, 4) is 5.75 Å². The first-order valence-electron chi connectivity index (χ1n) is 17.4. The predicted octanol–water partition coefficient (Wildman–Crippen LogP) is 4.08. The summed E-state index contributed by atoms with van der Waals surface area (Å²) in [5, 5.41) is 19.6. The summed E-state index contributed by atoms with van der Waals surface area (Å²) in [6.45, 7) is 4.88. The monoisotopic (exact) mass is 704 g/mol. The first-order chi connectivity index (χ1) is 24.8. The van der Waals surface area contributed by atoms with Crippen LogP contribution in [0.2, 0.25) is 0 Å². The number of hydrogen-bond acceptors (Lipinski definition) is 8. The van der Waals surface area contributed by atoms with E-state index in [2.05, 4.69) is 10.3 Å². The molecule has 0 radical (unpaired) electrons. The van der Waals surface area contributed by atoms with Gasteiger partial charge in [-0.15, -0.1) is 16.9 Å². The zero-order chi connectivity index (χ0) is 35.3. The summed E-state index contributed by atoms with van der Waals surface area (Å²) in [6, 6.07) is 23.0. The third-order valence-electron chi connectivity index (χ3n) is 10.7. The highest BCUT2D eigenvalue weighted by molar-refractivity contribution is 8.02. The van der Waals surface area contributed by atoms with Crippen molar-refractivity contribution in [3.63, 3.8) is 0 Å². The number of hydrogen-bond donors (Lipinski definition) is 1.